The summed E-state index contributed by atoms with van der Waals surface area (Å²) in [6.07, 6.45) is 3.36. The highest BCUT2D eigenvalue weighted by molar-refractivity contribution is 6.15. The van der Waals surface area contributed by atoms with Crippen molar-refractivity contribution in [2.45, 2.75) is 39.7 Å². The van der Waals surface area contributed by atoms with Gasteiger partial charge in [0.2, 0.25) is 5.78 Å². The van der Waals surface area contributed by atoms with Crippen LogP contribution < -0.4 is 4.74 Å². The van der Waals surface area contributed by atoms with Crippen molar-refractivity contribution in [3.8, 4) is 5.75 Å². The standard InChI is InChI=1S/C25H32N2O5/c1-4-7-15-31-19-11-8-10-18(17-19)22-21(23(28)20-12-9-16-32-20)24(29)25(30)27(22)14-13-26(5-2)6-3/h8-12,16-17,22,29H,4-7,13-15H2,1-3H3. The molecule has 1 atom stereocenters. The number of ether oxygens (including phenoxy) is 1. The number of amides is 1. The molecule has 0 bridgehead atoms. The molecule has 7 heteroatoms. The summed E-state index contributed by atoms with van der Waals surface area (Å²) in [5.41, 5.74) is 0.751. The summed E-state index contributed by atoms with van der Waals surface area (Å²) in [4.78, 5) is 30.0. The average Bonchev–Trinajstić information content (AvgIpc) is 3.43. The number of furan rings is 1. The predicted octanol–water partition coefficient (Wildman–Crippen LogP) is 4.38. The zero-order chi connectivity index (χ0) is 23.1. The minimum Gasteiger partial charge on any atom is -0.503 e. The van der Waals surface area contributed by atoms with E-state index in [2.05, 4.69) is 25.7 Å². The summed E-state index contributed by atoms with van der Waals surface area (Å²) >= 11 is 0. The lowest BCUT2D eigenvalue weighted by Gasteiger charge is -2.29. The molecule has 2 heterocycles. The first-order valence-electron chi connectivity index (χ1n) is 11.3. The van der Waals surface area contributed by atoms with Crippen molar-refractivity contribution in [2.24, 2.45) is 0 Å². The lowest BCUT2D eigenvalue weighted by Crippen LogP contribution is -2.38. The Morgan fingerprint density at radius 2 is 1.97 bits per heavy atom. The van der Waals surface area contributed by atoms with Gasteiger partial charge in [0.15, 0.2) is 11.5 Å². The molecule has 172 valence electrons. The van der Waals surface area contributed by atoms with Crippen LogP contribution in [0.4, 0.5) is 0 Å². The highest BCUT2D eigenvalue weighted by atomic mass is 16.5. The molecule has 0 aliphatic carbocycles. The van der Waals surface area contributed by atoms with Crippen molar-refractivity contribution in [1.82, 2.24) is 9.80 Å². The Morgan fingerprint density at radius 1 is 1.19 bits per heavy atom. The Bertz CT molecular complexity index is 947. The lowest BCUT2D eigenvalue weighted by atomic mass is 9.95. The molecule has 0 spiro atoms. The van der Waals surface area contributed by atoms with E-state index < -0.39 is 23.5 Å². The second-order valence-electron chi connectivity index (χ2n) is 7.77. The van der Waals surface area contributed by atoms with E-state index in [4.69, 9.17) is 9.15 Å². The predicted molar refractivity (Wildman–Crippen MR) is 122 cm³/mol. The van der Waals surface area contributed by atoms with Crippen molar-refractivity contribution in [2.75, 3.05) is 32.8 Å². The van der Waals surface area contributed by atoms with Crippen molar-refractivity contribution < 1.29 is 23.8 Å². The number of benzene rings is 1. The Hall–Kier alpha value is -3.06. The minimum atomic E-state index is -0.717. The quantitative estimate of drug-likeness (QED) is 0.390. The number of nitrogens with zero attached hydrogens (tertiary/aromatic N) is 2. The van der Waals surface area contributed by atoms with Crippen molar-refractivity contribution >= 4 is 11.7 Å². The number of aliphatic hydroxyl groups is 1. The number of hydrogen-bond acceptors (Lipinski definition) is 6. The fourth-order valence-electron chi connectivity index (χ4n) is 3.90. The monoisotopic (exact) mass is 440 g/mol. The maximum absolute atomic E-state index is 13.2. The van der Waals surface area contributed by atoms with Crippen LogP contribution in [0.3, 0.4) is 0 Å². The Morgan fingerprint density at radius 3 is 2.62 bits per heavy atom. The number of aliphatic hydroxyl groups excluding tert-OH is 1. The molecule has 1 unspecified atom stereocenters. The number of rotatable bonds is 12. The van der Waals surface area contributed by atoms with Gasteiger partial charge in [0, 0.05) is 13.1 Å². The van der Waals surface area contributed by atoms with Gasteiger partial charge in [-0.25, -0.2) is 0 Å². The third-order valence-electron chi connectivity index (χ3n) is 5.79. The van der Waals surface area contributed by atoms with Crippen LogP contribution in [-0.2, 0) is 4.79 Å². The molecule has 3 rings (SSSR count). The number of carbonyl (C=O) groups excluding carboxylic acids is 2. The van der Waals surface area contributed by atoms with Gasteiger partial charge in [-0.15, -0.1) is 0 Å². The highest BCUT2D eigenvalue weighted by Gasteiger charge is 2.44. The largest absolute Gasteiger partial charge is 0.503 e. The maximum atomic E-state index is 13.2. The minimum absolute atomic E-state index is 0.0372. The van der Waals surface area contributed by atoms with Gasteiger partial charge in [-0.2, -0.15) is 0 Å². The molecule has 0 radical (unpaired) electrons. The molecule has 1 amide bonds. The molecule has 0 saturated heterocycles. The van der Waals surface area contributed by atoms with Gasteiger partial charge in [0.1, 0.15) is 5.75 Å². The van der Waals surface area contributed by atoms with Gasteiger partial charge in [0.25, 0.3) is 5.91 Å². The number of hydrogen-bond donors (Lipinski definition) is 1. The van der Waals surface area contributed by atoms with E-state index in [-0.39, 0.29) is 11.3 Å². The molecular weight excluding hydrogens is 408 g/mol. The number of Topliss-reactive ketones (excluding diaryl/α,β-unsaturated/α-hetero) is 1. The van der Waals surface area contributed by atoms with E-state index in [0.29, 0.717) is 31.0 Å². The smallest absolute Gasteiger partial charge is 0.290 e. The highest BCUT2D eigenvalue weighted by Crippen LogP contribution is 2.39. The van der Waals surface area contributed by atoms with E-state index in [1.807, 2.05) is 24.3 Å². The fraction of sp³-hybridized carbons (Fsp3) is 0.440. The van der Waals surface area contributed by atoms with Crippen molar-refractivity contribution in [3.63, 3.8) is 0 Å². The van der Waals surface area contributed by atoms with Crippen LogP contribution in [0.2, 0.25) is 0 Å². The van der Waals surface area contributed by atoms with Crippen LogP contribution in [0, 0.1) is 0 Å². The first-order valence-corrected chi connectivity index (χ1v) is 11.3. The molecule has 0 saturated carbocycles. The SMILES string of the molecule is CCCCOc1cccc(C2C(C(=O)c3ccco3)=C(O)C(=O)N2CCN(CC)CC)c1. The van der Waals surface area contributed by atoms with Crippen LogP contribution in [0.15, 0.2) is 58.4 Å². The van der Waals surface area contributed by atoms with E-state index in [0.717, 1.165) is 25.9 Å². The summed E-state index contributed by atoms with van der Waals surface area (Å²) in [7, 11) is 0. The van der Waals surface area contributed by atoms with Gasteiger partial charge < -0.3 is 24.1 Å². The van der Waals surface area contributed by atoms with Crippen LogP contribution in [0.25, 0.3) is 0 Å². The van der Waals surface area contributed by atoms with Crippen molar-refractivity contribution in [3.05, 3.63) is 65.3 Å². The third-order valence-corrected chi connectivity index (χ3v) is 5.79. The summed E-state index contributed by atoms with van der Waals surface area (Å²) in [5, 5.41) is 10.7. The van der Waals surface area contributed by atoms with Gasteiger partial charge in [-0.1, -0.05) is 39.3 Å². The number of ketones is 1. The molecular formula is C25H32N2O5. The molecule has 1 aliphatic rings. The summed E-state index contributed by atoms with van der Waals surface area (Å²) in [6.45, 7) is 9.52. The molecule has 32 heavy (non-hydrogen) atoms. The molecule has 1 aliphatic heterocycles. The van der Waals surface area contributed by atoms with E-state index >= 15 is 0 Å². The third kappa shape index (κ3) is 5.05. The number of carbonyl (C=O) groups is 2. The molecule has 7 nitrogen and oxygen atoms in total. The van der Waals surface area contributed by atoms with Crippen LogP contribution in [0.5, 0.6) is 5.75 Å². The molecule has 1 aromatic heterocycles. The molecule has 0 fully saturated rings. The lowest BCUT2D eigenvalue weighted by molar-refractivity contribution is -0.129. The summed E-state index contributed by atoms with van der Waals surface area (Å²) in [6, 6.07) is 9.81. The van der Waals surface area contributed by atoms with Crippen LogP contribution in [-0.4, -0.2) is 59.4 Å². The van der Waals surface area contributed by atoms with Gasteiger partial charge >= 0.3 is 0 Å². The second kappa shape index (κ2) is 11.0. The summed E-state index contributed by atoms with van der Waals surface area (Å²) < 4.78 is 11.1. The number of unbranched alkanes of at least 4 members (excludes halogenated alkanes) is 1. The number of likely N-dealkylation sites (N-methyl/N-ethyl adjacent to an activating group) is 1. The van der Waals surface area contributed by atoms with E-state index in [1.165, 1.54) is 12.3 Å². The summed E-state index contributed by atoms with van der Waals surface area (Å²) in [5.74, 6) is -0.801. The normalized spacial score (nSPS) is 16.3. The zero-order valence-electron chi connectivity index (χ0n) is 19.0. The van der Waals surface area contributed by atoms with Gasteiger partial charge in [-0.3, -0.25) is 9.59 Å². The van der Waals surface area contributed by atoms with Crippen LogP contribution in [0.1, 0.15) is 55.8 Å². The zero-order valence-corrected chi connectivity index (χ0v) is 19.0. The average molecular weight is 441 g/mol. The second-order valence-corrected chi connectivity index (χ2v) is 7.77. The van der Waals surface area contributed by atoms with E-state index in [9.17, 15) is 14.7 Å². The first kappa shape index (κ1) is 23.6. The van der Waals surface area contributed by atoms with Crippen LogP contribution >= 0.6 is 0 Å². The van der Waals surface area contributed by atoms with E-state index in [1.54, 1.807) is 11.0 Å². The Kier molecular flexibility index (Phi) is 8.11. The maximum Gasteiger partial charge on any atom is 0.290 e. The Balaban J connectivity index is 1.97. The van der Waals surface area contributed by atoms with Gasteiger partial charge in [0.05, 0.1) is 24.5 Å². The first-order chi connectivity index (χ1) is 15.5. The fourth-order valence-corrected chi connectivity index (χ4v) is 3.90. The molecule has 1 aromatic carbocycles. The Labute approximate surface area is 189 Å². The van der Waals surface area contributed by atoms with Crippen molar-refractivity contribution in [1.29, 1.82) is 0 Å². The molecule has 1 N–H and O–H groups in total. The molecule has 2 aromatic rings. The topological polar surface area (TPSA) is 83.2 Å². The van der Waals surface area contributed by atoms with Gasteiger partial charge in [-0.05, 0) is 49.3 Å².